The van der Waals surface area contributed by atoms with Crippen molar-refractivity contribution >= 4 is 24.0 Å². The van der Waals surface area contributed by atoms with E-state index in [0.29, 0.717) is 12.5 Å². The Balaban J connectivity index is 0.00000180. The minimum atomic E-state index is -0.382. The minimum Gasteiger partial charge on any atom is -0.324 e. The number of carbonyl (C=O) groups is 1. The topological polar surface area (TPSA) is 41.1 Å². The first kappa shape index (κ1) is 15.9. The van der Waals surface area contributed by atoms with Crippen LogP contribution in [0.25, 0.3) is 0 Å². The standard InChI is InChI=1S/C14H19FN2O.ClH/c1-10-4-6-12(15)13(9-10)17-14(18)7-5-11-3-2-8-16-11;/h4,6,9,11,16H,2-3,5,7-8H2,1H3,(H,17,18);1H. The van der Waals surface area contributed by atoms with Gasteiger partial charge in [0, 0.05) is 12.5 Å². The van der Waals surface area contributed by atoms with Crippen LogP contribution in [0.4, 0.5) is 10.1 Å². The number of anilines is 1. The average Bonchev–Trinajstić information content (AvgIpc) is 2.84. The Bertz CT molecular complexity index is 433. The predicted molar refractivity (Wildman–Crippen MR) is 77.3 cm³/mol. The van der Waals surface area contributed by atoms with Crippen molar-refractivity contribution in [2.24, 2.45) is 0 Å². The van der Waals surface area contributed by atoms with E-state index in [1.807, 2.05) is 6.92 Å². The van der Waals surface area contributed by atoms with Gasteiger partial charge in [-0.2, -0.15) is 0 Å². The molecule has 19 heavy (non-hydrogen) atoms. The zero-order chi connectivity index (χ0) is 13.0. The van der Waals surface area contributed by atoms with E-state index in [4.69, 9.17) is 0 Å². The fourth-order valence-electron chi connectivity index (χ4n) is 2.26. The summed E-state index contributed by atoms with van der Waals surface area (Å²) in [5.74, 6) is -0.499. The second kappa shape index (κ2) is 7.46. The number of rotatable bonds is 4. The second-order valence-electron chi connectivity index (χ2n) is 4.86. The lowest BCUT2D eigenvalue weighted by Crippen LogP contribution is -2.23. The van der Waals surface area contributed by atoms with Crippen molar-refractivity contribution in [3.63, 3.8) is 0 Å². The van der Waals surface area contributed by atoms with Gasteiger partial charge in [0.05, 0.1) is 5.69 Å². The molecule has 1 unspecified atom stereocenters. The van der Waals surface area contributed by atoms with E-state index >= 15 is 0 Å². The number of benzene rings is 1. The highest BCUT2D eigenvalue weighted by molar-refractivity contribution is 5.90. The fraction of sp³-hybridized carbons (Fsp3) is 0.500. The Kier molecular flexibility index (Phi) is 6.25. The van der Waals surface area contributed by atoms with Crippen molar-refractivity contribution in [1.29, 1.82) is 0 Å². The minimum absolute atomic E-state index is 0. The molecule has 2 N–H and O–H groups in total. The van der Waals surface area contributed by atoms with Gasteiger partial charge in [0.25, 0.3) is 0 Å². The van der Waals surface area contributed by atoms with Gasteiger partial charge in [0.1, 0.15) is 5.82 Å². The van der Waals surface area contributed by atoms with Gasteiger partial charge in [-0.25, -0.2) is 4.39 Å². The molecule has 0 radical (unpaired) electrons. The van der Waals surface area contributed by atoms with Gasteiger partial charge in [0.2, 0.25) is 5.91 Å². The number of carbonyl (C=O) groups excluding carboxylic acids is 1. The quantitative estimate of drug-likeness (QED) is 0.893. The van der Waals surface area contributed by atoms with E-state index < -0.39 is 0 Å². The molecule has 0 aromatic heterocycles. The largest absolute Gasteiger partial charge is 0.324 e. The molecule has 0 spiro atoms. The van der Waals surface area contributed by atoms with E-state index in [0.717, 1.165) is 24.9 Å². The summed E-state index contributed by atoms with van der Waals surface area (Å²) in [6.45, 7) is 2.91. The van der Waals surface area contributed by atoms with Gasteiger partial charge in [-0.1, -0.05) is 6.07 Å². The molecule has 5 heteroatoms. The first-order chi connectivity index (χ1) is 8.65. The van der Waals surface area contributed by atoms with Gasteiger partial charge >= 0.3 is 0 Å². The first-order valence-electron chi connectivity index (χ1n) is 6.44. The zero-order valence-corrected chi connectivity index (χ0v) is 11.9. The maximum absolute atomic E-state index is 13.4. The first-order valence-corrected chi connectivity index (χ1v) is 6.44. The van der Waals surface area contributed by atoms with Crippen LogP contribution in [-0.2, 0) is 4.79 Å². The summed E-state index contributed by atoms with van der Waals surface area (Å²) in [6, 6.07) is 5.16. The zero-order valence-electron chi connectivity index (χ0n) is 11.0. The normalized spacial score (nSPS) is 17.9. The smallest absolute Gasteiger partial charge is 0.224 e. The van der Waals surface area contributed by atoms with Gasteiger partial charge in [0.15, 0.2) is 0 Å². The Morgan fingerprint density at radius 1 is 1.53 bits per heavy atom. The number of hydrogen-bond acceptors (Lipinski definition) is 2. The molecule has 2 rings (SSSR count). The molecule has 0 saturated carbocycles. The second-order valence-corrected chi connectivity index (χ2v) is 4.86. The third-order valence-corrected chi connectivity index (χ3v) is 3.28. The number of hydrogen-bond donors (Lipinski definition) is 2. The molecule has 3 nitrogen and oxygen atoms in total. The van der Waals surface area contributed by atoms with E-state index in [1.54, 1.807) is 12.1 Å². The van der Waals surface area contributed by atoms with Gasteiger partial charge < -0.3 is 10.6 Å². The molecular weight excluding hydrogens is 267 g/mol. The Morgan fingerprint density at radius 2 is 2.32 bits per heavy atom. The molecule has 1 aromatic carbocycles. The van der Waals surface area contributed by atoms with Crippen LogP contribution in [0.2, 0.25) is 0 Å². The van der Waals surface area contributed by atoms with Crippen molar-refractivity contribution < 1.29 is 9.18 Å². The molecular formula is C14H20ClFN2O. The molecule has 1 saturated heterocycles. The molecule has 1 amide bonds. The summed E-state index contributed by atoms with van der Waals surface area (Å²) in [4.78, 5) is 11.7. The van der Waals surface area contributed by atoms with Crippen molar-refractivity contribution in [3.05, 3.63) is 29.6 Å². The van der Waals surface area contributed by atoms with Crippen LogP contribution >= 0.6 is 12.4 Å². The highest BCUT2D eigenvalue weighted by Crippen LogP contribution is 2.17. The average molecular weight is 287 g/mol. The SMILES string of the molecule is Cc1ccc(F)c(NC(=O)CCC2CCCN2)c1.Cl. The van der Waals surface area contributed by atoms with E-state index in [9.17, 15) is 9.18 Å². The molecule has 1 aromatic rings. The van der Waals surface area contributed by atoms with Crippen LogP contribution in [0, 0.1) is 12.7 Å². The van der Waals surface area contributed by atoms with Crippen molar-refractivity contribution in [2.75, 3.05) is 11.9 Å². The van der Waals surface area contributed by atoms with E-state index in [-0.39, 0.29) is 29.8 Å². The van der Waals surface area contributed by atoms with Crippen molar-refractivity contribution in [2.45, 2.75) is 38.6 Å². The molecule has 1 aliphatic heterocycles. The highest BCUT2D eigenvalue weighted by Gasteiger charge is 2.15. The van der Waals surface area contributed by atoms with Crippen LogP contribution in [-0.4, -0.2) is 18.5 Å². The van der Waals surface area contributed by atoms with Crippen LogP contribution in [0.3, 0.4) is 0 Å². The maximum atomic E-state index is 13.4. The van der Waals surface area contributed by atoms with Crippen molar-refractivity contribution in [3.8, 4) is 0 Å². The van der Waals surface area contributed by atoms with Gasteiger partial charge in [-0.15, -0.1) is 12.4 Å². The molecule has 0 aliphatic carbocycles. The highest BCUT2D eigenvalue weighted by atomic mass is 35.5. The number of nitrogens with one attached hydrogen (secondary N) is 2. The predicted octanol–water partition coefficient (Wildman–Crippen LogP) is 3.03. The van der Waals surface area contributed by atoms with Crippen LogP contribution in [0.15, 0.2) is 18.2 Å². The number of aryl methyl sites for hydroxylation is 1. The van der Waals surface area contributed by atoms with E-state index in [1.165, 1.54) is 12.5 Å². The van der Waals surface area contributed by atoms with Crippen LogP contribution in [0.1, 0.15) is 31.2 Å². The maximum Gasteiger partial charge on any atom is 0.224 e. The number of halogens is 2. The lowest BCUT2D eigenvalue weighted by atomic mass is 10.1. The summed E-state index contributed by atoms with van der Waals surface area (Å²) in [7, 11) is 0. The molecule has 1 atom stereocenters. The summed E-state index contributed by atoms with van der Waals surface area (Å²) >= 11 is 0. The molecule has 106 valence electrons. The molecule has 0 bridgehead atoms. The van der Waals surface area contributed by atoms with Crippen molar-refractivity contribution in [1.82, 2.24) is 5.32 Å². The Labute approximate surface area is 119 Å². The molecule has 1 heterocycles. The van der Waals surface area contributed by atoms with Crippen LogP contribution in [0.5, 0.6) is 0 Å². The van der Waals surface area contributed by atoms with Crippen LogP contribution < -0.4 is 10.6 Å². The molecule has 1 fully saturated rings. The van der Waals surface area contributed by atoms with Gasteiger partial charge in [-0.05, 0) is 50.4 Å². The summed E-state index contributed by atoms with van der Waals surface area (Å²) < 4.78 is 13.4. The summed E-state index contributed by atoms with van der Waals surface area (Å²) in [5, 5.41) is 5.98. The number of amides is 1. The summed E-state index contributed by atoms with van der Waals surface area (Å²) in [6.07, 6.45) is 3.56. The Morgan fingerprint density at radius 3 is 3.00 bits per heavy atom. The summed E-state index contributed by atoms with van der Waals surface area (Å²) in [5.41, 5.74) is 1.21. The van der Waals surface area contributed by atoms with E-state index in [2.05, 4.69) is 10.6 Å². The third kappa shape index (κ3) is 4.80. The fourth-order valence-corrected chi connectivity index (χ4v) is 2.26. The van der Waals surface area contributed by atoms with Gasteiger partial charge in [-0.3, -0.25) is 4.79 Å². The third-order valence-electron chi connectivity index (χ3n) is 3.28. The lowest BCUT2D eigenvalue weighted by molar-refractivity contribution is -0.116. The molecule has 1 aliphatic rings. The Hall–Kier alpha value is -1.13. The lowest BCUT2D eigenvalue weighted by Gasteiger charge is -2.10. The monoisotopic (exact) mass is 286 g/mol.